The number of amides is 1. The smallest absolute Gasteiger partial charge is 0.227 e. The molecule has 1 aliphatic heterocycles. The number of carbonyl (C=O) groups excluding carboxylic acids is 1. The molecule has 0 saturated carbocycles. The first-order chi connectivity index (χ1) is 14.6. The first-order valence-electron chi connectivity index (χ1n) is 10.2. The average molecular weight is 416 g/mol. The van der Waals surface area contributed by atoms with Crippen LogP contribution in [0, 0.1) is 6.92 Å². The van der Waals surface area contributed by atoms with Crippen molar-refractivity contribution in [3.8, 4) is 0 Å². The molecule has 1 amide bonds. The minimum absolute atomic E-state index is 0.0526. The van der Waals surface area contributed by atoms with Gasteiger partial charge in [0.25, 0.3) is 0 Å². The summed E-state index contributed by atoms with van der Waals surface area (Å²) in [5.74, 6) is 1.17. The number of hydrogen-bond donors (Lipinski definition) is 0. The summed E-state index contributed by atoms with van der Waals surface area (Å²) in [6.07, 6.45) is 0.471. The maximum atomic E-state index is 12.9. The molecule has 1 aromatic heterocycles. The normalized spacial score (nSPS) is 16.5. The van der Waals surface area contributed by atoms with E-state index in [9.17, 15) is 4.79 Å². The zero-order valence-electron chi connectivity index (χ0n) is 16.8. The third kappa shape index (κ3) is 3.37. The number of fused-ring (bicyclic) bond motifs is 1. The van der Waals surface area contributed by atoms with Gasteiger partial charge in [0.05, 0.1) is 11.0 Å². The molecule has 0 aliphatic carbocycles. The summed E-state index contributed by atoms with van der Waals surface area (Å²) in [7, 11) is 0. The van der Waals surface area contributed by atoms with E-state index in [1.54, 1.807) is 0 Å². The van der Waals surface area contributed by atoms with Crippen molar-refractivity contribution < 1.29 is 4.79 Å². The Balaban J connectivity index is 1.53. The van der Waals surface area contributed by atoms with Gasteiger partial charge < -0.3 is 9.47 Å². The van der Waals surface area contributed by atoms with Gasteiger partial charge in [-0.1, -0.05) is 54.1 Å². The maximum Gasteiger partial charge on any atom is 0.227 e. The molecule has 4 nitrogen and oxygen atoms in total. The van der Waals surface area contributed by atoms with Crippen LogP contribution in [0.15, 0.2) is 72.8 Å². The molecule has 1 unspecified atom stereocenters. The van der Waals surface area contributed by atoms with E-state index < -0.39 is 0 Å². The number of nitrogens with zero attached hydrogens (tertiary/aromatic N) is 3. The van der Waals surface area contributed by atoms with Gasteiger partial charge in [-0.15, -0.1) is 0 Å². The van der Waals surface area contributed by atoms with Gasteiger partial charge in [-0.25, -0.2) is 4.98 Å². The molecule has 4 aromatic rings. The fourth-order valence-electron chi connectivity index (χ4n) is 4.32. The quantitative estimate of drug-likeness (QED) is 0.437. The number of para-hydroxylation sites is 3. The van der Waals surface area contributed by atoms with Crippen molar-refractivity contribution in [3.05, 3.63) is 94.8 Å². The molecule has 1 saturated heterocycles. The Morgan fingerprint density at radius 1 is 1.00 bits per heavy atom. The molecular formula is C25H22ClN3O. The Bertz CT molecular complexity index is 1230. The highest BCUT2D eigenvalue weighted by Crippen LogP contribution is 2.34. The maximum absolute atomic E-state index is 12.9. The molecule has 0 bridgehead atoms. The summed E-state index contributed by atoms with van der Waals surface area (Å²) < 4.78 is 2.25. The summed E-state index contributed by atoms with van der Waals surface area (Å²) in [6, 6.07) is 24.1. The fourth-order valence-corrected chi connectivity index (χ4v) is 4.45. The van der Waals surface area contributed by atoms with E-state index in [1.165, 1.54) is 0 Å². The SMILES string of the molecule is Cc1ccccc1N1CC(c2nc3ccccc3n2Cc2ccc(Cl)cc2)CC1=O. The Morgan fingerprint density at radius 2 is 1.73 bits per heavy atom. The standard InChI is InChI=1S/C25H22ClN3O/c1-17-6-2-4-8-22(17)28-16-19(14-24(28)30)25-27-21-7-3-5-9-23(21)29(25)15-18-10-12-20(26)13-11-18/h2-13,19H,14-16H2,1H3. The van der Waals surface area contributed by atoms with Crippen LogP contribution >= 0.6 is 11.6 Å². The summed E-state index contributed by atoms with van der Waals surface area (Å²) in [5, 5.41) is 0.727. The van der Waals surface area contributed by atoms with Crippen LogP contribution in [0.25, 0.3) is 11.0 Å². The van der Waals surface area contributed by atoms with Crippen LogP contribution in [0.4, 0.5) is 5.69 Å². The first kappa shape index (κ1) is 18.9. The summed E-state index contributed by atoms with van der Waals surface area (Å²) >= 11 is 6.06. The number of aromatic nitrogens is 2. The molecule has 2 heterocycles. The number of benzene rings is 3. The number of halogens is 1. The minimum Gasteiger partial charge on any atom is -0.323 e. The monoisotopic (exact) mass is 415 g/mol. The van der Waals surface area contributed by atoms with Crippen LogP contribution in [0.1, 0.15) is 29.3 Å². The van der Waals surface area contributed by atoms with Crippen LogP contribution in [0.5, 0.6) is 0 Å². The number of aryl methyl sites for hydroxylation is 1. The summed E-state index contributed by atoms with van der Waals surface area (Å²) in [4.78, 5) is 19.8. The van der Waals surface area contributed by atoms with E-state index in [2.05, 4.69) is 10.6 Å². The third-order valence-corrected chi connectivity index (χ3v) is 6.09. The van der Waals surface area contributed by atoms with Gasteiger partial charge in [0.2, 0.25) is 5.91 Å². The Morgan fingerprint density at radius 3 is 2.53 bits per heavy atom. The van der Waals surface area contributed by atoms with Crippen molar-refractivity contribution in [2.24, 2.45) is 0 Å². The molecule has 1 atom stereocenters. The van der Waals surface area contributed by atoms with Gasteiger partial charge in [0, 0.05) is 36.1 Å². The van der Waals surface area contributed by atoms with Crippen molar-refractivity contribution in [3.63, 3.8) is 0 Å². The number of carbonyl (C=O) groups is 1. The molecule has 1 aliphatic rings. The molecule has 3 aromatic carbocycles. The molecular weight excluding hydrogens is 394 g/mol. The highest BCUT2D eigenvalue weighted by Gasteiger charge is 2.35. The van der Waals surface area contributed by atoms with Gasteiger partial charge in [0.15, 0.2) is 0 Å². The molecule has 5 rings (SSSR count). The molecule has 0 spiro atoms. The van der Waals surface area contributed by atoms with Crippen LogP contribution < -0.4 is 4.90 Å². The molecule has 1 fully saturated rings. The molecule has 150 valence electrons. The van der Waals surface area contributed by atoms with Crippen molar-refractivity contribution in [2.45, 2.75) is 25.8 Å². The first-order valence-corrected chi connectivity index (χ1v) is 10.5. The minimum atomic E-state index is 0.0526. The summed E-state index contributed by atoms with van der Waals surface area (Å²) in [5.41, 5.74) is 5.31. The van der Waals surface area contributed by atoms with Gasteiger partial charge >= 0.3 is 0 Å². The van der Waals surface area contributed by atoms with Crippen LogP contribution in [-0.2, 0) is 11.3 Å². The molecule has 30 heavy (non-hydrogen) atoms. The van der Waals surface area contributed by atoms with E-state index in [-0.39, 0.29) is 11.8 Å². The van der Waals surface area contributed by atoms with E-state index >= 15 is 0 Å². The van der Waals surface area contributed by atoms with Crippen LogP contribution in [0.2, 0.25) is 5.02 Å². The zero-order valence-corrected chi connectivity index (χ0v) is 17.5. The topological polar surface area (TPSA) is 38.1 Å². The highest BCUT2D eigenvalue weighted by molar-refractivity contribution is 6.30. The largest absolute Gasteiger partial charge is 0.323 e. The lowest BCUT2D eigenvalue weighted by molar-refractivity contribution is -0.117. The van der Waals surface area contributed by atoms with Gasteiger partial charge in [-0.3, -0.25) is 4.79 Å². The second-order valence-electron chi connectivity index (χ2n) is 7.86. The highest BCUT2D eigenvalue weighted by atomic mass is 35.5. The van der Waals surface area contributed by atoms with E-state index in [0.717, 1.165) is 38.7 Å². The van der Waals surface area contributed by atoms with Crippen molar-refractivity contribution in [1.29, 1.82) is 0 Å². The second kappa shape index (κ2) is 7.62. The van der Waals surface area contributed by atoms with E-state index in [0.29, 0.717) is 19.5 Å². The predicted molar refractivity (Wildman–Crippen MR) is 121 cm³/mol. The van der Waals surface area contributed by atoms with Crippen molar-refractivity contribution in [1.82, 2.24) is 9.55 Å². The number of hydrogen-bond acceptors (Lipinski definition) is 2. The molecule has 0 N–H and O–H groups in total. The summed E-state index contributed by atoms with van der Waals surface area (Å²) in [6.45, 7) is 3.39. The Labute approximate surface area is 180 Å². The van der Waals surface area contributed by atoms with Gasteiger partial charge in [-0.2, -0.15) is 0 Å². The predicted octanol–water partition coefficient (Wildman–Crippen LogP) is 5.57. The lowest BCUT2D eigenvalue weighted by Gasteiger charge is -2.19. The lowest BCUT2D eigenvalue weighted by atomic mass is 10.1. The zero-order chi connectivity index (χ0) is 20.7. The lowest BCUT2D eigenvalue weighted by Crippen LogP contribution is -2.25. The van der Waals surface area contributed by atoms with Crippen molar-refractivity contribution >= 4 is 34.2 Å². The van der Waals surface area contributed by atoms with Crippen LogP contribution in [0.3, 0.4) is 0 Å². The second-order valence-corrected chi connectivity index (χ2v) is 8.30. The van der Waals surface area contributed by atoms with Crippen LogP contribution in [-0.4, -0.2) is 22.0 Å². The fraction of sp³-hybridized carbons (Fsp3) is 0.200. The Kier molecular flexibility index (Phi) is 4.80. The third-order valence-electron chi connectivity index (χ3n) is 5.83. The van der Waals surface area contributed by atoms with Gasteiger partial charge in [-0.05, 0) is 48.4 Å². The van der Waals surface area contributed by atoms with Crippen molar-refractivity contribution in [2.75, 3.05) is 11.4 Å². The average Bonchev–Trinajstić information content (AvgIpc) is 3.31. The molecule has 5 heteroatoms. The molecule has 0 radical (unpaired) electrons. The number of rotatable bonds is 4. The van der Waals surface area contributed by atoms with E-state index in [1.807, 2.05) is 78.6 Å². The number of imidazole rings is 1. The van der Waals surface area contributed by atoms with E-state index in [4.69, 9.17) is 16.6 Å². The Hall–Kier alpha value is -3.11. The van der Waals surface area contributed by atoms with Gasteiger partial charge in [0.1, 0.15) is 5.82 Å². The number of anilines is 1.